The number of hydrogen-bond donors (Lipinski definition) is 1. The maximum absolute atomic E-state index is 13.8. The third-order valence-electron chi connectivity index (χ3n) is 6.21. The Morgan fingerprint density at radius 1 is 0.879 bits per heavy atom. The van der Waals surface area contributed by atoms with Crippen LogP contribution in [0.2, 0.25) is 10.0 Å². The maximum Gasteiger partial charge on any atom is 0.241 e. The molecule has 3 aromatic carbocycles. The Bertz CT molecular complexity index is 1140. The molecule has 1 N–H and O–H groups in total. The summed E-state index contributed by atoms with van der Waals surface area (Å²) in [7, 11) is 0. The van der Waals surface area contributed by atoms with Crippen molar-refractivity contribution in [2.24, 2.45) is 5.92 Å². The van der Waals surface area contributed by atoms with Gasteiger partial charge in [-0.1, -0.05) is 65.7 Å². The fraction of sp³-hybridized carbons (Fsp3) is 0.231. The summed E-state index contributed by atoms with van der Waals surface area (Å²) >= 11 is 18.0. The molecule has 4 nitrogen and oxygen atoms in total. The van der Waals surface area contributed by atoms with E-state index in [9.17, 15) is 9.90 Å². The van der Waals surface area contributed by atoms with Gasteiger partial charge in [0.2, 0.25) is 5.91 Å². The number of aliphatic hydroxyl groups is 1. The minimum Gasteiger partial charge on any atom is -0.387 e. The molecule has 1 saturated heterocycles. The van der Waals surface area contributed by atoms with Crippen molar-refractivity contribution >= 4 is 52.1 Å². The lowest BCUT2D eigenvalue weighted by Gasteiger charge is -2.49. The van der Waals surface area contributed by atoms with Gasteiger partial charge in [-0.15, -0.1) is 0 Å². The monoisotopic (exact) mass is 498 g/mol. The topological polar surface area (TPSA) is 43.8 Å². The average molecular weight is 499 g/mol. The van der Waals surface area contributed by atoms with Gasteiger partial charge in [0, 0.05) is 16.1 Å². The number of carbonyl (C=O) groups is 1. The summed E-state index contributed by atoms with van der Waals surface area (Å²) in [5, 5.41) is 12.9. The molecule has 3 aromatic rings. The number of rotatable bonds is 5. The van der Waals surface area contributed by atoms with Gasteiger partial charge in [-0.3, -0.25) is 9.69 Å². The molecular formula is C26H24Cl2N2O2S. The van der Waals surface area contributed by atoms with Crippen molar-refractivity contribution in [3.05, 3.63) is 100 Å². The van der Waals surface area contributed by atoms with Crippen LogP contribution in [0.15, 0.2) is 78.9 Å². The van der Waals surface area contributed by atoms with E-state index in [1.54, 1.807) is 48.5 Å². The Morgan fingerprint density at radius 2 is 1.42 bits per heavy atom. The van der Waals surface area contributed by atoms with E-state index in [1.807, 2.05) is 42.2 Å². The van der Waals surface area contributed by atoms with Crippen molar-refractivity contribution in [1.82, 2.24) is 4.90 Å². The molecule has 7 heteroatoms. The highest BCUT2D eigenvalue weighted by atomic mass is 35.5. The van der Waals surface area contributed by atoms with Crippen LogP contribution in [0.1, 0.15) is 37.1 Å². The third kappa shape index (κ3) is 4.64. The first-order chi connectivity index (χ1) is 15.8. The molecule has 0 unspecified atom stereocenters. The zero-order valence-corrected chi connectivity index (χ0v) is 20.6. The second-order valence-corrected chi connectivity index (χ2v) is 9.43. The molecule has 0 saturated carbocycles. The third-order valence-corrected chi connectivity index (χ3v) is 7.11. The van der Waals surface area contributed by atoms with Crippen LogP contribution in [0.4, 0.5) is 5.69 Å². The minimum atomic E-state index is -1.03. The SMILES string of the molecule is C[C@@H]1[C@@H]([C@@H](O)c2ccc(Cl)cc2)C(=O)N(c2ccc(Cl)cc2)C(=S)N1[C@@H](C)c1ccccc1. The molecule has 1 heterocycles. The highest BCUT2D eigenvalue weighted by Crippen LogP contribution is 2.39. The summed E-state index contributed by atoms with van der Waals surface area (Å²) in [4.78, 5) is 17.4. The summed E-state index contributed by atoms with van der Waals surface area (Å²) in [6.07, 6.45) is -1.03. The second-order valence-electron chi connectivity index (χ2n) is 8.19. The number of nitrogens with zero attached hydrogens (tertiary/aromatic N) is 2. The first-order valence-corrected chi connectivity index (χ1v) is 11.9. The molecule has 0 aliphatic carbocycles. The number of anilines is 1. The van der Waals surface area contributed by atoms with Gasteiger partial charge < -0.3 is 10.0 Å². The molecule has 1 aliphatic rings. The smallest absolute Gasteiger partial charge is 0.241 e. The Labute approximate surface area is 209 Å². The van der Waals surface area contributed by atoms with E-state index < -0.39 is 12.0 Å². The zero-order valence-electron chi connectivity index (χ0n) is 18.2. The molecule has 170 valence electrons. The molecule has 0 spiro atoms. The van der Waals surface area contributed by atoms with Gasteiger partial charge in [0.25, 0.3) is 0 Å². The van der Waals surface area contributed by atoms with Crippen molar-refractivity contribution in [3.8, 4) is 0 Å². The summed E-state index contributed by atoms with van der Waals surface area (Å²) in [6, 6.07) is 23.4. The molecule has 4 rings (SSSR count). The molecule has 4 atom stereocenters. The van der Waals surface area contributed by atoms with Gasteiger partial charge in [-0.25, -0.2) is 0 Å². The predicted molar refractivity (Wildman–Crippen MR) is 138 cm³/mol. The Balaban J connectivity index is 1.79. The van der Waals surface area contributed by atoms with Crippen LogP contribution in [-0.2, 0) is 4.79 Å². The second kappa shape index (κ2) is 9.82. The lowest BCUT2D eigenvalue weighted by atomic mass is 9.85. The van der Waals surface area contributed by atoms with Gasteiger partial charge in [0.1, 0.15) is 0 Å². The summed E-state index contributed by atoms with van der Waals surface area (Å²) in [5.41, 5.74) is 2.30. The Hall–Kier alpha value is -2.44. The van der Waals surface area contributed by atoms with E-state index in [2.05, 4.69) is 6.92 Å². The van der Waals surface area contributed by atoms with Gasteiger partial charge in [0.05, 0.1) is 23.8 Å². The maximum atomic E-state index is 13.8. The van der Waals surface area contributed by atoms with E-state index in [0.717, 1.165) is 5.56 Å². The van der Waals surface area contributed by atoms with Crippen LogP contribution in [0, 0.1) is 5.92 Å². The van der Waals surface area contributed by atoms with Crippen molar-refractivity contribution < 1.29 is 9.90 Å². The summed E-state index contributed by atoms with van der Waals surface area (Å²) in [6.45, 7) is 3.99. The highest BCUT2D eigenvalue weighted by molar-refractivity contribution is 7.80. The van der Waals surface area contributed by atoms with Crippen LogP contribution in [0.3, 0.4) is 0 Å². The first-order valence-electron chi connectivity index (χ1n) is 10.7. The standard InChI is InChI=1S/C26H24Cl2N2O2S/c1-16(18-6-4-3-5-7-18)29-17(2)23(24(31)19-8-10-20(27)11-9-19)25(32)30(26(29)33)22-14-12-21(28)13-15-22/h3-17,23-24,31H,1-2H3/t16-,17+,23-,24-/m0/s1. The molecule has 33 heavy (non-hydrogen) atoms. The van der Waals surface area contributed by atoms with Gasteiger partial charge in [-0.05, 0) is 73.6 Å². The predicted octanol–water partition coefficient (Wildman–Crippen LogP) is 6.43. The van der Waals surface area contributed by atoms with E-state index in [1.165, 1.54) is 4.90 Å². The normalized spacial score (nSPS) is 20.6. The molecule has 1 aliphatic heterocycles. The number of thiocarbonyl (C=S) groups is 1. The van der Waals surface area contributed by atoms with Crippen molar-refractivity contribution in [3.63, 3.8) is 0 Å². The van der Waals surface area contributed by atoms with Crippen molar-refractivity contribution in [2.45, 2.75) is 32.0 Å². The van der Waals surface area contributed by atoms with Gasteiger partial charge in [0.15, 0.2) is 5.11 Å². The first kappa shape index (κ1) is 23.7. The number of benzene rings is 3. The fourth-order valence-electron chi connectivity index (χ4n) is 4.42. The summed E-state index contributed by atoms with van der Waals surface area (Å²) < 4.78 is 0. The number of carbonyl (C=O) groups excluding carboxylic acids is 1. The molecule has 1 amide bonds. The van der Waals surface area contributed by atoms with E-state index >= 15 is 0 Å². The van der Waals surface area contributed by atoms with Crippen LogP contribution in [-0.4, -0.2) is 27.1 Å². The molecule has 0 radical (unpaired) electrons. The van der Waals surface area contributed by atoms with Crippen LogP contribution < -0.4 is 4.90 Å². The molecular weight excluding hydrogens is 475 g/mol. The lowest BCUT2D eigenvalue weighted by Crippen LogP contribution is -2.62. The minimum absolute atomic E-state index is 0.114. The van der Waals surface area contributed by atoms with E-state index in [4.69, 9.17) is 35.4 Å². The largest absolute Gasteiger partial charge is 0.387 e. The Kier molecular flexibility index (Phi) is 7.05. The summed E-state index contributed by atoms with van der Waals surface area (Å²) in [5.74, 6) is -1.01. The van der Waals surface area contributed by atoms with E-state index in [0.29, 0.717) is 26.4 Å². The Morgan fingerprint density at radius 3 is 2.00 bits per heavy atom. The van der Waals surface area contributed by atoms with Crippen LogP contribution >= 0.6 is 35.4 Å². The van der Waals surface area contributed by atoms with Gasteiger partial charge >= 0.3 is 0 Å². The van der Waals surface area contributed by atoms with E-state index in [-0.39, 0.29) is 18.0 Å². The van der Waals surface area contributed by atoms with Crippen molar-refractivity contribution in [1.29, 1.82) is 0 Å². The van der Waals surface area contributed by atoms with Gasteiger partial charge in [-0.2, -0.15) is 0 Å². The fourth-order valence-corrected chi connectivity index (χ4v) is 5.19. The number of hydrogen-bond acceptors (Lipinski definition) is 3. The van der Waals surface area contributed by atoms with Crippen LogP contribution in [0.5, 0.6) is 0 Å². The lowest BCUT2D eigenvalue weighted by molar-refractivity contribution is -0.129. The van der Waals surface area contributed by atoms with Crippen LogP contribution in [0.25, 0.3) is 0 Å². The molecule has 0 bridgehead atoms. The number of amides is 1. The number of aliphatic hydroxyl groups excluding tert-OH is 1. The number of halogens is 2. The highest BCUT2D eigenvalue weighted by Gasteiger charge is 2.47. The average Bonchev–Trinajstić information content (AvgIpc) is 2.81. The molecule has 0 aromatic heterocycles. The zero-order chi connectivity index (χ0) is 23.7. The quantitative estimate of drug-likeness (QED) is 0.411. The van der Waals surface area contributed by atoms with Crippen molar-refractivity contribution in [2.75, 3.05) is 4.90 Å². The molecule has 1 fully saturated rings.